The van der Waals surface area contributed by atoms with Crippen molar-refractivity contribution in [3.8, 4) is 0 Å². The second-order valence-corrected chi connectivity index (χ2v) is 8.49. The predicted octanol–water partition coefficient (Wildman–Crippen LogP) is 3.01. The molecule has 2 aliphatic heterocycles. The van der Waals surface area contributed by atoms with E-state index in [2.05, 4.69) is 10.3 Å². The van der Waals surface area contributed by atoms with E-state index < -0.39 is 29.6 Å². The molecule has 3 heterocycles. The van der Waals surface area contributed by atoms with Crippen molar-refractivity contribution >= 4 is 23.7 Å². The van der Waals surface area contributed by atoms with Crippen molar-refractivity contribution in [2.75, 3.05) is 25.1 Å². The minimum atomic E-state index is -5.04. The highest BCUT2D eigenvalue weighted by Crippen LogP contribution is 2.43. The number of amides is 4. The van der Waals surface area contributed by atoms with Crippen LogP contribution < -0.4 is 10.6 Å². The number of aromatic nitrogens is 1. The number of nitrogens with zero attached hydrogens (tertiary/aromatic N) is 3. The molecule has 0 spiro atoms. The summed E-state index contributed by atoms with van der Waals surface area (Å²) < 4.78 is 42.4. The number of benzene rings is 1. The number of pyridine rings is 1. The Labute approximate surface area is 194 Å². The van der Waals surface area contributed by atoms with E-state index in [0.717, 1.165) is 17.8 Å². The highest BCUT2D eigenvalue weighted by atomic mass is 19.4. The number of halogens is 3. The Kier molecular flexibility index (Phi) is 6.30. The number of likely N-dealkylation sites (tertiary alicyclic amines) is 1. The summed E-state index contributed by atoms with van der Waals surface area (Å²) in [7, 11) is 0. The van der Waals surface area contributed by atoms with Crippen molar-refractivity contribution in [3.63, 3.8) is 0 Å². The van der Waals surface area contributed by atoms with Gasteiger partial charge in [-0.3, -0.25) is 14.5 Å². The van der Waals surface area contributed by atoms with Crippen molar-refractivity contribution < 1.29 is 27.6 Å². The minimum absolute atomic E-state index is 0.194. The fourth-order valence-electron chi connectivity index (χ4n) is 4.38. The molecule has 4 amide bonds. The molecule has 0 radical (unpaired) electrons. The molecule has 180 valence electrons. The first kappa shape index (κ1) is 23.7. The van der Waals surface area contributed by atoms with Crippen molar-refractivity contribution in [3.05, 3.63) is 59.8 Å². The molecule has 11 heteroatoms. The number of aryl methyl sites for hydroxylation is 1. The van der Waals surface area contributed by atoms with Gasteiger partial charge < -0.3 is 10.6 Å². The largest absolute Gasteiger partial charge is 0.425 e. The molecule has 0 bridgehead atoms. The zero-order valence-corrected chi connectivity index (χ0v) is 18.4. The highest BCUT2D eigenvalue weighted by Gasteiger charge is 2.68. The lowest BCUT2D eigenvalue weighted by Crippen LogP contribution is -2.56. The Bertz CT molecular complexity index is 1090. The maximum absolute atomic E-state index is 14.1. The summed E-state index contributed by atoms with van der Waals surface area (Å²) >= 11 is 0. The van der Waals surface area contributed by atoms with Crippen LogP contribution in [-0.2, 0) is 15.1 Å². The van der Waals surface area contributed by atoms with Gasteiger partial charge in [-0.1, -0.05) is 36.4 Å². The standard InChI is InChI=1S/C23H24F3N5O3/c1-15-7-5-11-18(27-15)28-19(32)16-8-6-12-30(13-16)14-31-20(33)22(23(24,25)26,29-21(31)34)17-9-3-2-4-10-17/h2-5,7,9-11,16H,6,8,12-14H2,1H3,(H,29,34)(H,27,28,32)/t16-,22-/m1/s1. The molecule has 8 nitrogen and oxygen atoms in total. The lowest BCUT2D eigenvalue weighted by molar-refractivity contribution is -0.198. The number of nitrogens with one attached hydrogen (secondary N) is 2. The summed E-state index contributed by atoms with van der Waals surface area (Å²) in [5.74, 6) is -1.70. The first-order valence-corrected chi connectivity index (χ1v) is 10.8. The number of piperidine rings is 1. The molecule has 34 heavy (non-hydrogen) atoms. The monoisotopic (exact) mass is 475 g/mol. The van der Waals surface area contributed by atoms with E-state index in [1.165, 1.54) is 18.2 Å². The number of hydrogen-bond acceptors (Lipinski definition) is 5. The summed E-state index contributed by atoms with van der Waals surface area (Å²) in [5, 5.41) is 4.64. The van der Waals surface area contributed by atoms with Crippen LogP contribution in [0.15, 0.2) is 48.5 Å². The normalized spacial score (nSPS) is 23.6. The molecule has 2 N–H and O–H groups in total. The molecule has 4 rings (SSSR count). The third-order valence-corrected chi connectivity index (χ3v) is 6.09. The Morgan fingerprint density at radius 1 is 1.18 bits per heavy atom. The molecular weight excluding hydrogens is 451 g/mol. The third-order valence-electron chi connectivity index (χ3n) is 6.09. The molecule has 0 aliphatic carbocycles. The van der Waals surface area contributed by atoms with Crippen molar-refractivity contribution in [2.24, 2.45) is 5.92 Å². The lowest BCUT2D eigenvalue weighted by atomic mass is 9.89. The summed E-state index contributed by atoms with van der Waals surface area (Å²) in [6, 6.07) is 10.7. The van der Waals surface area contributed by atoms with Crippen LogP contribution in [0.2, 0.25) is 0 Å². The van der Waals surface area contributed by atoms with E-state index in [4.69, 9.17) is 0 Å². The predicted molar refractivity (Wildman–Crippen MR) is 116 cm³/mol. The number of carbonyl (C=O) groups is 3. The molecule has 2 atom stereocenters. The number of carbonyl (C=O) groups excluding carboxylic acids is 3. The summed E-state index contributed by atoms with van der Waals surface area (Å²) in [4.78, 5) is 44.8. The fraction of sp³-hybridized carbons (Fsp3) is 0.391. The van der Waals surface area contributed by atoms with Gasteiger partial charge in [0, 0.05) is 12.2 Å². The van der Waals surface area contributed by atoms with Gasteiger partial charge in [0.15, 0.2) is 0 Å². The topological polar surface area (TPSA) is 94.6 Å². The van der Waals surface area contributed by atoms with Crippen molar-refractivity contribution in [1.29, 1.82) is 0 Å². The maximum Gasteiger partial charge on any atom is 0.425 e. The Morgan fingerprint density at radius 3 is 2.59 bits per heavy atom. The third kappa shape index (κ3) is 4.35. The second kappa shape index (κ2) is 9.05. The van der Waals surface area contributed by atoms with Gasteiger partial charge in [0.1, 0.15) is 5.82 Å². The average Bonchev–Trinajstić information content (AvgIpc) is 3.05. The van der Waals surface area contributed by atoms with Gasteiger partial charge in [-0.15, -0.1) is 0 Å². The van der Waals surface area contributed by atoms with E-state index >= 15 is 0 Å². The van der Waals surface area contributed by atoms with E-state index in [9.17, 15) is 27.6 Å². The van der Waals surface area contributed by atoms with E-state index in [0.29, 0.717) is 30.1 Å². The zero-order chi connectivity index (χ0) is 24.5. The van der Waals surface area contributed by atoms with E-state index in [1.54, 1.807) is 30.0 Å². The number of anilines is 1. The summed E-state index contributed by atoms with van der Waals surface area (Å²) in [6.07, 6.45) is -3.88. The molecule has 1 aromatic carbocycles. The van der Waals surface area contributed by atoms with Crippen LogP contribution in [0.3, 0.4) is 0 Å². The van der Waals surface area contributed by atoms with Crippen molar-refractivity contribution in [2.45, 2.75) is 31.5 Å². The maximum atomic E-state index is 14.1. The SMILES string of the molecule is Cc1cccc(NC(=O)[C@@H]2CCCN(CN3C(=O)N[C@@](c4ccccc4)(C(F)(F)F)C3=O)C2)n1. The molecular formula is C23H24F3N5O3. The van der Waals surface area contributed by atoms with Crippen LogP contribution in [0.25, 0.3) is 0 Å². The Hall–Kier alpha value is -3.47. The van der Waals surface area contributed by atoms with E-state index in [-0.39, 0.29) is 24.7 Å². The number of urea groups is 1. The van der Waals surface area contributed by atoms with Crippen LogP contribution in [0.1, 0.15) is 24.1 Å². The quantitative estimate of drug-likeness (QED) is 0.649. The smallest absolute Gasteiger partial charge is 0.312 e. The average molecular weight is 475 g/mol. The zero-order valence-electron chi connectivity index (χ0n) is 18.4. The van der Waals surface area contributed by atoms with Crippen LogP contribution >= 0.6 is 0 Å². The number of imide groups is 1. The fourth-order valence-corrected chi connectivity index (χ4v) is 4.38. The number of rotatable bonds is 5. The summed E-state index contributed by atoms with van der Waals surface area (Å²) in [6.45, 7) is 2.08. The number of hydrogen-bond donors (Lipinski definition) is 2. The Balaban J connectivity index is 1.48. The molecule has 2 fully saturated rings. The molecule has 0 unspecified atom stereocenters. The minimum Gasteiger partial charge on any atom is -0.312 e. The van der Waals surface area contributed by atoms with Crippen LogP contribution in [0.4, 0.5) is 23.8 Å². The van der Waals surface area contributed by atoms with Gasteiger partial charge in [-0.25, -0.2) is 14.7 Å². The number of alkyl halides is 3. The van der Waals surface area contributed by atoms with Gasteiger partial charge >= 0.3 is 12.2 Å². The van der Waals surface area contributed by atoms with Crippen LogP contribution in [-0.4, -0.2) is 58.6 Å². The van der Waals surface area contributed by atoms with Gasteiger partial charge in [-0.2, -0.15) is 13.2 Å². The van der Waals surface area contributed by atoms with E-state index in [1.807, 2.05) is 5.32 Å². The molecule has 2 saturated heterocycles. The highest BCUT2D eigenvalue weighted by molar-refractivity contribution is 6.08. The summed E-state index contributed by atoms with van der Waals surface area (Å²) in [5.41, 5.74) is -2.76. The van der Waals surface area contributed by atoms with Gasteiger partial charge in [0.25, 0.3) is 5.91 Å². The van der Waals surface area contributed by atoms with Crippen LogP contribution in [0.5, 0.6) is 0 Å². The first-order chi connectivity index (χ1) is 16.1. The second-order valence-electron chi connectivity index (χ2n) is 8.49. The first-order valence-electron chi connectivity index (χ1n) is 10.8. The molecule has 2 aromatic rings. The van der Waals surface area contributed by atoms with Gasteiger partial charge in [0.2, 0.25) is 11.4 Å². The van der Waals surface area contributed by atoms with Crippen LogP contribution in [0, 0.1) is 12.8 Å². The van der Waals surface area contributed by atoms with Gasteiger partial charge in [0.05, 0.1) is 12.6 Å². The Morgan fingerprint density at radius 2 is 1.91 bits per heavy atom. The molecule has 2 aliphatic rings. The molecule has 0 saturated carbocycles. The van der Waals surface area contributed by atoms with Crippen molar-refractivity contribution in [1.82, 2.24) is 20.1 Å². The van der Waals surface area contributed by atoms with Gasteiger partial charge in [-0.05, 0) is 44.0 Å². The molecule has 1 aromatic heterocycles. The lowest BCUT2D eigenvalue weighted by Gasteiger charge is -2.34.